The summed E-state index contributed by atoms with van der Waals surface area (Å²) in [6, 6.07) is 1.13. The van der Waals surface area contributed by atoms with Crippen molar-refractivity contribution >= 4 is 0 Å². The van der Waals surface area contributed by atoms with Gasteiger partial charge in [-0.3, -0.25) is 14.3 Å². The Labute approximate surface area is 106 Å². The van der Waals surface area contributed by atoms with Crippen molar-refractivity contribution in [2.75, 3.05) is 6.61 Å². The van der Waals surface area contributed by atoms with Crippen molar-refractivity contribution in [1.29, 1.82) is 0 Å². The SMILES string of the molecule is O=c1ccn([C@H]2C[C@H](C(F)F)[C@@H](CCO)O2)c(=O)[nH]1. The molecule has 0 aromatic carbocycles. The first-order valence-corrected chi connectivity index (χ1v) is 5.89. The molecule has 1 saturated heterocycles. The zero-order valence-electron chi connectivity index (χ0n) is 9.96. The van der Waals surface area contributed by atoms with Crippen LogP contribution in [0.25, 0.3) is 0 Å². The third-order valence-corrected chi connectivity index (χ3v) is 3.18. The molecule has 8 heteroatoms. The van der Waals surface area contributed by atoms with Crippen LogP contribution in [0.3, 0.4) is 0 Å². The Kier molecular flexibility index (Phi) is 4.11. The number of aromatic amines is 1. The predicted molar refractivity (Wildman–Crippen MR) is 61.0 cm³/mol. The first-order chi connectivity index (χ1) is 9.02. The van der Waals surface area contributed by atoms with E-state index < -0.39 is 35.9 Å². The van der Waals surface area contributed by atoms with Crippen LogP contribution >= 0.6 is 0 Å². The van der Waals surface area contributed by atoms with Crippen LogP contribution in [0.1, 0.15) is 19.1 Å². The monoisotopic (exact) mass is 276 g/mol. The molecule has 1 aromatic heterocycles. The molecule has 0 unspecified atom stereocenters. The second-order valence-electron chi connectivity index (χ2n) is 4.39. The van der Waals surface area contributed by atoms with E-state index in [0.29, 0.717) is 0 Å². The minimum atomic E-state index is -2.58. The number of aromatic nitrogens is 2. The van der Waals surface area contributed by atoms with Crippen LogP contribution in [-0.2, 0) is 4.74 Å². The molecule has 0 radical (unpaired) electrons. The van der Waals surface area contributed by atoms with Crippen LogP contribution in [0.2, 0.25) is 0 Å². The highest BCUT2D eigenvalue weighted by Gasteiger charge is 2.41. The molecule has 0 aliphatic carbocycles. The molecule has 106 valence electrons. The quantitative estimate of drug-likeness (QED) is 0.816. The van der Waals surface area contributed by atoms with E-state index in [9.17, 15) is 18.4 Å². The maximum Gasteiger partial charge on any atom is 0.330 e. The Balaban J connectivity index is 2.23. The molecule has 0 amide bonds. The van der Waals surface area contributed by atoms with E-state index in [1.807, 2.05) is 4.98 Å². The van der Waals surface area contributed by atoms with Crippen LogP contribution in [-0.4, -0.2) is 33.8 Å². The Morgan fingerprint density at radius 3 is 2.84 bits per heavy atom. The minimum Gasteiger partial charge on any atom is -0.396 e. The minimum absolute atomic E-state index is 0.0334. The maximum atomic E-state index is 12.9. The van der Waals surface area contributed by atoms with Gasteiger partial charge in [-0.1, -0.05) is 0 Å². The van der Waals surface area contributed by atoms with Gasteiger partial charge in [-0.2, -0.15) is 0 Å². The van der Waals surface area contributed by atoms with Gasteiger partial charge in [0.15, 0.2) is 0 Å². The second kappa shape index (κ2) is 5.62. The first-order valence-electron chi connectivity index (χ1n) is 5.89. The highest BCUT2D eigenvalue weighted by Crippen LogP contribution is 2.37. The van der Waals surface area contributed by atoms with Crippen LogP contribution in [0.4, 0.5) is 8.78 Å². The van der Waals surface area contributed by atoms with Crippen LogP contribution in [0.5, 0.6) is 0 Å². The molecule has 19 heavy (non-hydrogen) atoms. The second-order valence-corrected chi connectivity index (χ2v) is 4.39. The van der Waals surface area contributed by atoms with Crippen molar-refractivity contribution in [3.8, 4) is 0 Å². The molecular formula is C11H14F2N2O4. The molecule has 1 aromatic rings. The van der Waals surface area contributed by atoms with Gasteiger partial charge >= 0.3 is 5.69 Å². The number of H-pyrrole nitrogens is 1. The fourth-order valence-electron chi connectivity index (χ4n) is 2.25. The predicted octanol–water partition coefficient (Wildman–Crippen LogP) is 0.0878. The van der Waals surface area contributed by atoms with Crippen molar-refractivity contribution in [1.82, 2.24) is 9.55 Å². The molecule has 2 heterocycles. The van der Waals surface area contributed by atoms with Gasteiger partial charge in [0.1, 0.15) is 6.23 Å². The van der Waals surface area contributed by atoms with Crippen molar-refractivity contribution < 1.29 is 18.6 Å². The van der Waals surface area contributed by atoms with Gasteiger partial charge in [0.05, 0.1) is 12.0 Å². The van der Waals surface area contributed by atoms with Crippen molar-refractivity contribution in [2.24, 2.45) is 5.92 Å². The van der Waals surface area contributed by atoms with Gasteiger partial charge in [-0.25, -0.2) is 13.6 Å². The number of alkyl halides is 2. The van der Waals surface area contributed by atoms with E-state index in [2.05, 4.69) is 0 Å². The lowest BCUT2D eigenvalue weighted by atomic mass is 9.99. The van der Waals surface area contributed by atoms with E-state index >= 15 is 0 Å². The molecule has 0 saturated carbocycles. The van der Waals surface area contributed by atoms with Gasteiger partial charge < -0.3 is 9.84 Å². The third-order valence-electron chi connectivity index (χ3n) is 3.18. The fourth-order valence-corrected chi connectivity index (χ4v) is 2.25. The lowest BCUT2D eigenvalue weighted by Crippen LogP contribution is -2.31. The Hall–Kier alpha value is -1.54. The maximum absolute atomic E-state index is 12.9. The normalized spacial score (nSPS) is 27.1. The van der Waals surface area contributed by atoms with Gasteiger partial charge in [0, 0.05) is 25.3 Å². The zero-order valence-corrected chi connectivity index (χ0v) is 9.96. The molecule has 1 aliphatic heterocycles. The summed E-state index contributed by atoms with van der Waals surface area (Å²) in [6.07, 6.45) is -2.96. The highest BCUT2D eigenvalue weighted by atomic mass is 19.3. The first kappa shape index (κ1) is 13.9. The molecule has 2 rings (SSSR count). The number of nitrogens with one attached hydrogen (secondary N) is 1. The standard InChI is InChI=1S/C11H14F2N2O4/c12-10(13)6-5-9(19-7(6)2-4-16)15-3-1-8(17)14-11(15)18/h1,3,6-7,9-10,16H,2,4-5H2,(H,14,17,18)/t6-,7+,9+/m0/s1. The average molecular weight is 276 g/mol. The average Bonchev–Trinajstić information content (AvgIpc) is 2.73. The third kappa shape index (κ3) is 2.90. The van der Waals surface area contributed by atoms with Crippen LogP contribution < -0.4 is 11.2 Å². The number of hydrogen-bond acceptors (Lipinski definition) is 4. The van der Waals surface area contributed by atoms with E-state index in [1.54, 1.807) is 0 Å². The van der Waals surface area contributed by atoms with Crippen LogP contribution in [0, 0.1) is 5.92 Å². The summed E-state index contributed by atoms with van der Waals surface area (Å²) in [5, 5.41) is 8.83. The largest absolute Gasteiger partial charge is 0.396 e. The summed E-state index contributed by atoms with van der Waals surface area (Å²) < 4.78 is 32.2. The molecule has 2 N–H and O–H groups in total. The number of halogens is 2. The lowest BCUT2D eigenvalue weighted by Gasteiger charge is -2.16. The summed E-state index contributed by atoms with van der Waals surface area (Å²) in [7, 11) is 0. The van der Waals surface area contributed by atoms with Crippen molar-refractivity contribution in [3.63, 3.8) is 0 Å². The molecule has 3 atom stereocenters. The highest BCUT2D eigenvalue weighted by molar-refractivity contribution is 4.89. The van der Waals surface area contributed by atoms with Gasteiger partial charge in [0.2, 0.25) is 6.43 Å². The molecule has 0 bridgehead atoms. The van der Waals surface area contributed by atoms with E-state index in [1.165, 1.54) is 6.20 Å². The molecular weight excluding hydrogens is 262 g/mol. The number of nitrogens with zero attached hydrogens (tertiary/aromatic N) is 1. The summed E-state index contributed by atoms with van der Waals surface area (Å²) in [6.45, 7) is -0.263. The van der Waals surface area contributed by atoms with E-state index in [4.69, 9.17) is 9.84 Å². The summed E-state index contributed by atoms with van der Waals surface area (Å²) in [5.74, 6) is -1.03. The van der Waals surface area contributed by atoms with Gasteiger partial charge in [0.25, 0.3) is 5.56 Å². The van der Waals surface area contributed by atoms with Crippen LogP contribution in [0.15, 0.2) is 21.9 Å². The molecule has 6 nitrogen and oxygen atoms in total. The molecule has 0 spiro atoms. The van der Waals surface area contributed by atoms with Gasteiger partial charge in [-0.05, 0) is 6.42 Å². The molecule has 1 fully saturated rings. The summed E-state index contributed by atoms with van der Waals surface area (Å²) in [5.41, 5.74) is -1.26. The smallest absolute Gasteiger partial charge is 0.330 e. The van der Waals surface area contributed by atoms with Crippen molar-refractivity contribution in [2.45, 2.75) is 31.6 Å². The summed E-state index contributed by atoms with van der Waals surface area (Å²) >= 11 is 0. The number of aliphatic hydroxyl groups is 1. The topological polar surface area (TPSA) is 84.3 Å². The van der Waals surface area contributed by atoms with Gasteiger partial charge in [-0.15, -0.1) is 0 Å². The van der Waals surface area contributed by atoms with E-state index in [0.717, 1.165) is 10.6 Å². The number of aliphatic hydroxyl groups excluding tert-OH is 1. The summed E-state index contributed by atoms with van der Waals surface area (Å²) in [4.78, 5) is 24.5. The number of rotatable bonds is 4. The fraction of sp³-hybridized carbons (Fsp3) is 0.636. The van der Waals surface area contributed by atoms with Crippen molar-refractivity contribution in [3.05, 3.63) is 33.1 Å². The molecule has 1 aliphatic rings. The lowest BCUT2D eigenvalue weighted by molar-refractivity contribution is -0.0362. The Morgan fingerprint density at radius 1 is 1.53 bits per heavy atom. The van der Waals surface area contributed by atoms with E-state index in [-0.39, 0.29) is 19.4 Å². The number of ether oxygens (including phenoxy) is 1. The Morgan fingerprint density at radius 2 is 2.26 bits per heavy atom. The Bertz CT molecular complexity index is 542. The number of hydrogen-bond donors (Lipinski definition) is 2. The zero-order chi connectivity index (χ0) is 14.0.